The summed E-state index contributed by atoms with van der Waals surface area (Å²) in [6.07, 6.45) is 4.92. The third kappa shape index (κ3) is 4.08. The first-order valence-corrected chi connectivity index (χ1v) is 17.5. The predicted octanol–water partition coefficient (Wildman–Crippen LogP) is 11.1. The molecule has 1 atom stereocenters. The van der Waals surface area contributed by atoms with Crippen LogP contribution < -0.4 is 5.73 Å². The lowest BCUT2D eigenvalue weighted by atomic mass is 9.93. The van der Waals surface area contributed by atoms with Crippen LogP contribution in [0.25, 0.3) is 75.8 Å². The molecule has 2 N–H and O–H groups in total. The van der Waals surface area contributed by atoms with Crippen LogP contribution in [-0.2, 0) is 13.0 Å². The van der Waals surface area contributed by atoms with Crippen molar-refractivity contribution in [1.82, 2.24) is 9.13 Å². The molecule has 3 heterocycles. The Balaban J connectivity index is 1.20. The molecular weight excluding hydrogens is 617 g/mol. The standard InChI is InChI=1S/C44H30N4S/c45-25-27-20-22-38-35(24-27)30-13-4-6-18-37(30)47(38)26-28-10-8-17-36(46)41(28)34-16-9-15-31-32-21-23-40-42(44(32)49-43(31)34)33-14-5-7-19-39(33)48(40)29-11-2-1-3-12-29/h1-23,27H,24,26,46H2. The lowest BCUT2D eigenvalue weighted by Crippen LogP contribution is -2.09. The zero-order chi connectivity index (χ0) is 32.6. The number of nitriles is 1. The molecule has 0 bridgehead atoms. The highest BCUT2D eigenvalue weighted by Crippen LogP contribution is 2.47. The number of fused-ring (bicyclic) bond motifs is 10. The fourth-order valence-corrected chi connectivity index (χ4v) is 9.54. The summed E-state index contributed by atoms with van der Waals surface area (Å²) in [5.74, 6) is -0.103. The van der Waals surface area contributed by atoms with E-state index in [9.17, 15) is 5.26 Å². The molecule has 0 radical (unpaired) electrons. The molecule has 1 unspecified atom stereocenters. The second-order valence-electron chi connectivity index (χ2n) is 13.0. The number of benzene rings is 6. The van der Waals surface area contributed by atoms with Crippen LogP contribution in [0.5, 0.6) is 0 Å². The van der Waals surface area contributed by atoms with Crippen LogP contribution in [0.1, 0.15) is 16.8 Å². The molecule has 1 aliphatic rings. The van der Waals surface area contributed by atoms with E-state index in [4.69, 9.17) is 5.73 Å². The van der Waals surface area contributed by atoms with Crippen LogP contribution in [0.15, 0.2) is 133 Å². The highest BCUT2D eigenvalue weighted by atomic mass is 32.1. The molecule has 0 aliphatic heterocycles. The van der Waals surface area contributed by atoms with Crippen LogP contribution in [0, 0.1) is 17.2 Å². The van der Waals surface area contributed by atoms with Gasteiger partial charge in [0.1, 0.15) is 0 Å². The number of nitrogens with two attached hydrogens (primary N) is 1. The average molecular weight is 647 g/mol. The van der Waals surface area contributed by atoms with Crippen molar-refractivity contribution >= 4 is 76.0 Å². The highest BCUT2D eigenvalue weighted by molar-refractivity contribution is 7.27. The van der Waals surface area contributed by atoms with Crippen LogP contribution in [0.2, 0.25) is 0 Å². The SMILES string of the molecule is N#CC1C=Cc2c(c3ccccc3n2Cc2cccc(N)c2-c2cccc3c2sc2c3ccc3c2c2ccccc2n3-c2ccccc2)C1. The van der Waals surface area contributed by atoms with Crippen molar-refractivity contribution < 1.29 is 0 Å². The number of hydrogen-bond donors (Lipinski definition) is 1. The number of aromatic nitrogens is 2. The molecule has 5 heteroatoms. The zero-order valence-corrected chi connectivity index (χ0v) is 27.4. The summed E-state index contributed by atoms with van der Waals surface area (Å²) in [4.78, 5) is 0. The van der Waals surface area contributed by atoms with Gasteiger partial charge in [-0.3, -0.25) is 0 Å². The minimum atomic E-state index is -0.103. The molecule has 0 spiro atoms. The van der Waals surface area contributed by atoms with Gasteiger partial charge in [0.2, 0.25) is 0 Å². The quantitative estimate of drug-likeness (QED) is 0.193. The number of nitrogen functional groups attached to an aromatic ring is 1. The summed E-state index contributed by atoms with van der Waals surface area (Å²) in [6, 6.07) is 48.0. The van der Waals surface area contributed by atoms with Gasteiger partial charge in [-0.25, -0.2) is 0 Å². The topological polar surface area (TPSA) is 59.7 Å². The van der Waals surface area contributed by atoms with Gasteiger partial charge in [0.25, 0.3) is 0 Å². The number of thiophene rings is 1. The molecular formula is C44H30N4S. The number of allylic oxidation sites excluding steroid dienone is 1. The minimum Gasteiger partial charge on any atom is -0.398 e. The Labute approximate surface area is 287 Å². The number of rotatable bonds is 4. The Kier molecular flexibility index (Phi) is 6.12. The minimum absolute atomic E-state index is 0.103. The van der Waals surface area contributed by atoms with Gasteiger partial charge in [-0.2, -0.15) is 5.26 Å². The second-order valence-corrected chi connectivity index (χ2v) is 14.0. The fourth-order valence-electron chi connectivity index (χ4n) is 8.16. The monoisotopic (exact) mass is 646 g/mol. The van der Waals surface area contributed by atoms with E-state index in [0.29, 0.717) is 6.54 Å². The smallest absolute Gasteiger partial charge is 0.0701 e. The first-order valence-electron chi connectivity index (χ1n) is 16.7. The van der Waals surface area contributed by atoms with Crippen molar-refractivity contribution in [3.8, 4) is 22.9 Å². The number of hydrogen-bond acceptors (Lipinski definition) is 3. The fraction of sp³-hybridized carbons (Fsp3) is 0.0682. The molecule has 10 rings (SSSR count). The summed E-state index contributed by atoms with van der Waals surface area (Å²) < 4.78 is 7.33. The third-order valence-electron chi connectivity index (χ3n) is 10.3. The van der Waals surface area contributed by atoms with Crippen LogP contribution in [-0.4, -0.2) is 9.13 Å². The van der Waals surface area contributed by atoms with E-state index in [1.54, 1.807) is 0 Å². The van der Waals surface area contributed by atoms with E-state index in [-0.39, 0.29) is 5.92 Å². The van der Waals surface area contributed by atoms with Crippen molar-refractivity contribution in [2.24, 2.45) is 5.92 Å². The van der Waals surface area contributed by atoms with E-state index >= 15 is 0 Å². The van der Waals surface area contributed by atoms with Gasteiger partial charge >= 0.3 is 0 Å². The normalized spacial score (nSPS) is 14.3. The summed E-state index contributed by atoms with van der Waals surface area (Å²) in [5.41, 5.74) is 18.3. The molecule has 1 aliphatic carbocycles. The lowest BCUT2D eigenvalue weighted by Gasteiger charge is -2.18. The van der Waals surface area contributed by atoms with E-state index in [1.165, 1.54) is 69.7 Å². The molecule has 9 aromatic rings. The van der Waals surface area contributed by atoms with E-state index < -0.39 is 0 Å². The molecule has 232 valence electrons. The summed E-state index contributed by atoms with van der Waals surface area (Å²) in [6.45, 7) is 0.674. The Hall–Kier alpha value is -6.09. The van der Waals surface area contributed by atoms with Crippen molar-refractivity contribution in [1.29, 1.82) is 5.26 Å². The van der Waals surface area contributed by atoms with Gasteiger partial charge in [0, 0.05) is 76.6 Å². The second kappa shape index (κ2) is 10.7. The van der Waals surface area contributed by atoms with Crippen LogP contribution in [0.3, 0.4) is 0 Å². The van der Waals surface area contributed by atoms with E-state index in [1.807, 2.05) is 23.5 Å². The summed E-state index contributed by atoms with van der Waals surface area (Å²) in [5, 5.41) is 16.0. The lowest BCUT2D eigenvalue weighted by molar-refractivity contribution is 0.775. The van der Waals surface area contributed by atoms with Gasteiger partial charge in [-0.1, -0.05) is 97.1 Å². The van der Waals surface area contributed by atoms with Crippen molar-refractivity contribution in [3.05, 3.63) is 150 Å². The maximum absolute atomic E-state index is 9.70. The molecule has 0 amide bonds. The Bertz CT molecular complexity index is 2860. The highest BCUT2D eigenvalue weighted by Gasteiger charge is 2.24. The molecule has 49 heavy (non-hydrogen) atoms. The Morgan fingerprint density at radius 2 is 1.43 bits per heavy atom. The van der Waals surface area contributed by atoms with Gasteiger partial charge in [-0.05, 0) is 60.0 Å². The van der Waals surface area contributed by atoms with Crippen molar-refractivity contribution in [2.75, 3.05) is 5.73 Å². The third-order valence-corrected chi connectivity index (χ3v) is 11.6. The first-order chi connectivity index (χ1) is 24.2. The molecule has 3 aromatic heterocycles. The van der Waals surface area contributed by atoms with Gasteiger partial charge in [-0.15, -0.1) is 11.3 Å². The Morgan fingerprint density at radius 1 is 0.694 bits per heavy atom. The molecule has 4 nitrogen and oxygen atoms in total. The van der Waals surface area contributed by atoms with Crippen molar-refractivity contribution in [2.45, 2.75) is 13.0 Å². The number of nitrogens with zero attached hydrogens (tertiary/aromatic N) is 3. The van der Waals surface area contributed by atoms with Crippen molar-refractivity contribution in [3.63, 3.8) is 0 Å². The molecule has 6 aromatic carbocycles. The van der Waals surface area contributed by atoms with Gasteiger partial charge in [0.15, 0.2) is 0 Å². The van der Waals surface area contributed by atoms with Crippen LogP contribution >= 0.6 is 11.3 Å². The maximum atomic E-state index is 9.70. The molecule has 0 fully saturated rings. The van der Waals surface area contributed by atoms with Gasteiger partial charge < -0.3 is 14.9 Å². The first kappa shape index (κ1) is 28.0. The largest absolute Gasteiger partial charge is 0.398 e. The van der Waals surface area contributed by atoms with Crippen LogP contribution in [0.4, 0.5) is 5.69 Å². The van der Waals surface area contributed by atoms with E-state index in [2.05, 4.69) is 143 Å². The maximum Gasteiger partial charge on any atom is 0.0701 e. The Morgan fingerprint density at radius 3 is 2.29 bits per heavy atom. The zero-order valence-electron chi connectivity index (χ0n) is 26.6. The van der Waals surface area contributed by atoms with E-state index in [0.717, 1.165) is 28.9 Å². The summed E-state index contributed by atoms with van der Waals surface area (Å²) in [7, 11) is 0. The number of anilines is 1. The molecule has 0 saturated heterocycles. The predicted molar refractivity (Wildman–Crippen MR) is 206 cm³/mol. The number of para-hydroxylation sites is 3. The summed E-state index contributed by atoms with van der Waals surface area (Å²) >= 11 is 1.87. The molecule has 0 saturated carbocycles. The van der Waals surface area contributed by atoms with Gasteiger partial charge in [0.05, 0.1) is 23.0 Å². The average Bonchev–Trinajstić information content (AvgIpc) is 3.80.